The standard InChI is InChI=1S/C21H24N4O3/c26-19(14-16-6-2-1-3-7-16)25-13-5-9-18(25)21(28)24-12-11-23-20(27)17-8-4-10-22-15-17/h1-4,6-8,10,15,18H,5,9,11-14H2,(H,23,27)(H,24,28). The third-order valence-electron chi connectivity index (χ3n) is 4.71. The minimum absolute atomic E-state index is 0.0336. The molecule has 28 heavy (non-hydrogen) atoms. The van der Waals surface area contributed by atoms with Crippen molar-refractivity contribution in [3.05, 3.63) is 66.0 Å². The van der Waals surface area contributed by atoms with Gasteiger partial charge < -0.3 is 15.5 Å². The third-order valence-corrected chi connectivity index (χ3v) is 4.71. The number of hydrogen-bond donors (Lipinski definition) is 2. The molecule has 2 heterocycles. The highest BCUT2D eigenvalue weighted by atomic mass is 16.2. The van der Waals surface area contributed by atoms with Gasteiger partial charge in [-0.3, -0.25) is 19.4 Å². The first kappa shape index (κ1) is 19.5. The summed E-state index contributed by atoms with van der Waals surface area (Å²) in [6, 6.07) is 12.5. The Morgan fingerprint density at radius 3 is 2.57 bits per heavy atom. The molecule has 7 nitrogen and oxygen atoms in total. The van der Waals surface area contributed by atoms with E-state index in [4.69, 9.17) is 0 Å². The van der Waals surface area contributed by atoms with E-state index in [2.05, 4.69) is 15.6 Å². The monoisotopic (exact) mass is 380 g/mol. The van der Waals surface area contributed by atoms with Crippen LogP contribution >= 0.6 is 0 Å². The fraction of sp³-hybridized carbons (Fsp3) is 0.333. The smallest absolute Gasteiger partial charge is 0.252 e. The summed E-state index contributed by atoms with van der Waals surface area (Å²) in [6.45, 7) is 1.22. The Hall–Kier alpha value is -3.22. The number of aromatic nitrogens is 1. The van der Waals surface area contributed by atoms with Crippen LogP contribution in [0.25, 0.3) is 0 Å². The molecule has 2 N–H and O–H groups in total. The molecule has 3 rings (SSSR count). The molecule has 1 aromatic heterocycles. The lowest BCUT2D eigenvalue weighted by Crippen LogP contribution is -2.47. The van der Waals surface area contributed by atoms with E-state index in [1.54, 1.807) is 23.2 Å². The van der Waals surface area contributed by atoms with Crippen molar-refractivity contribution in [2.45, 2.75) is 25.3 Å². The van der Waals surface area contributed by atoms with Gasteiger partial charge in [0.15, 0.2) is 0 Å². The normalized spacial score (nSPS) is 15.9. The molecule has 0 radical (unpaired) electrons. The van der Waals surface area contributed by atoms with Crippen LogP contribution in [0, 0.1) is 0 Å². The van der Waals surface area contributed by atoms with E-state index < -0.39 is 6.04 Å². The van der Waals surface area contributed by atoms with E-state index in [0.717, 1.165) is 12.0 Å². The van der Waals surface area contributed by atoms with E-state index in [1.165, 1.54) is 6.20 Å². The van der Waals surface area contributed by atoms with Crippen molar-refractivity contribution in [2.75, 3.05) is 19.6 Å². The average Bonchev–Trinajstić information content (AvgIpc) is 3.22. The first-order valence-corrected chi connectivity index (χ1v) is 9.44. The Morgan fingerprint density at radius 1 is 1.04 bits per heavy atom. The Bertz CT molecular complexity index is 811. The quantitative estimate of drug-likeness (QED) is 0.705. The number of hydrogen-bond acceptors (Lipinski definition) is 4. The fourth-order valence-electron chi connectivity index (χ4n) is 3.29. The first-order valence-electron chi connectivity index (χ1n) is 9.44. The Labute approximate surface area is 164 Å². The van der Waals surface area contributed by atoms with Gasteiger partial charge in [0.1, 0.15) is 6.04 Å². The van der Waals surface area contributed by atoms with Gasteiger partial charge in [0.25, 0.3) is 5.91 Å². The zero-order chi connectivity index (χ0) is 19.8. The van der Waals surface area contributed by atoms with E-state index in [0.29, 0.717) is 38.0 Å². The van der Waals surface area contributed by atoms with Crippen molar-refractivity contribution in [1.82, 2.24) is 20.5 Å². The predicted octanol–water partition coefficient (Wildman–Crippen LogP) is 1.16. The molecule has 1 unspecified atom stereocenters. The highest BCUT2D eigenvalue weighted by Gasteiger charge is 2.33. The predicted molar refractivity (Wildman–Crippen MR) is 104 cm³/mol. The van der Waals surface area contributed by atoms with Gasteiger partial charge in [0, 0.05) is 32.0 Å². The number of nitrogens with one attached hydrogen (secondary N) is 2. The van der Waals surface area contributed by atoms with Crippen LogP contribution in [0.4, 0.5) is 0 Å². The number of amides is 3. The molecule has 1 aliphatic rings. The summed E-state index contributed by atoms with van der Waals surface area (Å²) >= 11 is 0. The van der Waals surface area contributed by atoms with Gasteiger partial charge in [-0.1, -0.05) is 30.3 Å². The topological polar surface area (TPSA) is 91.4 Å². The van der Waals surface area contributed by atoms with Crippen LogP contribution in [0.5, 0.6) is 0 Å². The van der Waals surface area contributed by atoms with Crippen molar-refractivity contribution in [3.8, 4) is 0 Å². The van der Waals surface area contributed by atoms with Gasteiger partial charge in [0.05, 0.1) is 12.0 Å². The van der Waals surface area contributed by atoms with Gasteiger partial charge in [-0.15, -0.1) is 0 Å². The molecule has 0 spiro atoms. The number of nitrogens with zero attached hydrogens (tertiary/aromatic N) is 2. The van der Waals surface area contributed by atoms with Gasteiger partial charge >= 0.3 is 0 Å². The second-order valence-electron chi connectivity index (χ2n) is 6.70. The first-order chi connectivity index (χ1) is 13.6. The highest BCUT2D eigenvalue weighted by molar-refractivity contribution is 5.93. The number of benzene rings is 1. The molecule has 1 atom stereocenters. The number of likely N-dealkylation sites (tertiary alicyclic amines) is 1. The molecular weight excluding hydrogens is 356 g/mol. The molecule has 3 amide bonds. The van der Waals surface area contributed by atoms with Crippen molar-refractivity contribution in [2.24, 2.45) is 0 Å². The Kier molecular flexibility index (Phi) is 6.73. The summed E-state index contributed by atoms with van der Waals surface area (Å²) in [4.78, 5) is 42.6. The molecule has 2 aromatic rings. The molecule has 1 saturated heterocycles. The lowest BCUT2D eigenvalue weighted by atomic mass is 10.1. The minimum atomic E-state index is -0.440. The molecule has 0 bridgehead atoms. The van der Waals surface area contributed by atoms with Crippen molar-refractivity contribution in [3.63, 3.8) is 0 Å². The third kappa shape index (κ3) is 5.16. The van der Waals surface area contributed by atoms with Crippen LogP contribution in [-0.2, 0) is 16.0 Å². The molecule has 7 heteroatoms. The number of rotatable bonds is 7. The summed E-state index contributed by atoms with van der Waals surface area (Å²) in [5, 5.41) is 5.55. The van der Waals surface area contributed by atoms with Crippen LogP contribution in [0.1, 0.15) is 28.8 Å². The summed E-state index contributed by atoms with van der Waals surface area (Å²) in [5.41, 5.74) is 1.42. The Balaban J connectivity index is 1.44. The number of carbonyl (C=O) groups is 3. The van der Waals surface area contributed by atoms with Crippen molar-refractivity contribution >= 4 is 17.7 Å². The van der Waals surface area contributed by atoms with E-state index >= 15 is 0 Å². The number of carbonyl (C=O) groups excluding carboxylic acids is 3. The molecule has 1 aliphatic heterocycles. The fourth-order valence-corrected chi connectivity index (χ4v) is 3.29. The van der Waals surface area contributed by atoms with Gasteiger partial charge in [-0.2, -0.15) is 0 Å². The van der Waals surface area contributed by atoms with Gasteiger partial charge in [-0.25, -0.2) is 0 Å². The zero-order valence-corrected chi connectivity index (χ0v) is 15.6. The van der Waals surface area contributed by atoms with Crippen molar-refractivity contribution < 1.29 is 14.4 Å². The van der Waals surface area contributed by atoms with Crippen molar-refractivity contribution in [1.29, 1.82) is 0 Å². The molecule has 1 fully saturated rings. The summed E-state index contributed by atoms with van der Waals surface area (Å²) < 4.78 is 0. The lowest BCUT2D eigenvalue weighted by Gasteiger charge is -2.24. The maximum absolute atomic E-state index is 12.6. The summed E-state index contributed by atoms with van der Waals surface area (Å²) in [5.74, 6) is -0.439. The second kappa shape index (κ2) is 9.64. The summed E-state index contributed by atoms with van der Waals surface area (Å²) in [7, 11) is 0. The maximum Gasteiger partial charge on any atom is 0.252 e. The second-order valence-corrected chi connectivity index (χ2v) is 6.70. The van der Waals surface area contributed by atoms with Gasteiger partial charge in [-0.05, 0) is 30.5 Å². The largest absolute Gasteiger partial charge is 0.353 e. The average molecular weight is 380 g/mol. The van der Waals surface area contributed by atoms with Crippen LogP contribution in [-0.4, -0.2) is 53.3 Å². The molecule has 146 valence electrons. The van der Waals surface area contributed by atoms with Crippen LogP contribution in [0.2, 0.25) is 0 Å². The molecule has 0 aliphatic carbocycles. The van der Waals surface area contributed by atoms with Crippen LogP contribution < -0.4 is 10.6 Å². The maximum atomic E-state index is 12.6. The van der Waals surface area contributed by atoms with Crippen LogP contribution in [0.15, 0.2) is 54.9 Å². The van der Waals surface area contributed by atoms with E-state index in [-0.39, 0.29) is 17.7 Å². The van der Waals surface area contributed by atoms with Gasteiger partial charge in [0.2, 0.25) is 11.8 Å². The van der Waals surface area contributed by atoms with E-state index in [9.17, 15) is 14.4 Å². The summed E-state index contributed by atoms with van der Waals surface area (Å²) in [6.07, 6.45) is 4.86. The van der Waals surface area contributed by atoms with Crippen LogP contribution in [0.3, 0.4) is 0 Å². The molecule has 0 saturated carbocycles. The lowest BCUT2D eigenvalue weighted by molar-refractivity contribution is -0.137. The highest BCUT2D eigenvalue weighted by Crippen LogP contribution is 2.19. The number of pyridine rings is 1. The zero-order valence-electron chi connectivity index (χ0n) is 15.6. The van der Waals surface area contributed by atoms with E-state index in [1.807, 2.05) is 30.3 Å². The molecule has 1 aromatic carbocycles. The molecular formula is C21H24N4O3. The Morgan fingerprint density at radius 2 is 1.82 bits per heavy atom. The minimum Gasteiger partial charge on any atom is -0.353 e. The SMILES string of the molecule is O=C(NCCNC(=O)C1CCCN1C(=O)Cc1ccccc1)c1cccnc1.